The molecule has 0 bridgehead atoms. The molecule has 4 atom stereocenters. The van der Waals surface area contributed by atoms with E-state index in [9.17, 15) is 29.1 Å². The van der Waals surface area contributed by atoms with E-state index in [1.807, 2.05) is 5.32 Å². The van der Waals surface area contributed by atoms with Crippen molar-refractivity contribution in [2.45, 2.75) is 37.0 Å². The topological polar surface area (TPSA) is 228 Å². The van der Waals surface area contributed by atoms with Gasteiger partial charge in [0.15, 0.2) is 0 Å². The minimum absolute atomic E-state index is 0.146. The number of carboxylic acid groups (broad SMARTS) is 2. The summed E-state index contributed by atoms with van der Waals surface area (Å²) in [5, 5.41) is 42.3. The van der Waals surface area contributed by atoms with Gasteiger partial charge in [-0.05, 0) is 18.4 Å². The average molecular weight is 438 g/mol. The number of hydrogen-bond donors (Lipinski definition) is 8. The molecule has 0 spiro atoms. The lowest BCUT2D eigenvalue weighted by atomic mass is 10.1. The number of aliphatic hydroxyl groups excluding tert-OH is 2. The number of amides is 3. The van der Waals surface area contributed by atoms with Gasteiger partial charge >= 0.3 is 11.9 Å². The molecule has 0 heterocycles. The fourth-order valence-corrected chi connectivity index (χ4v) is 2.45. The average Bonchev–Trinajstić information content (AvgIpc) is 2.66. The molecule has 29 heavy (non-hydrogen) atoms. The van der Waals surface area contributed by atoms with Crippen LogP contribution < -0.4 is 21.7 Å². The maximum Gasteiger partial charge on any atom is 0.326 e. The molecular weight excluding hydrogens is 412 g/mol. The predicted octanol–water partition coefficient (Wildman–Crippen LogP) is -3.93. The number of nitrogens with two attached hydrogens (primary N) is 1. The van der Waals surface area contributed by atoms with Gasteiger partial charge < -0.3 is 42.1 Å². The van der Waals surface area contributed by atoms with E-state index in [1.165, 1.54) is 11.8 Å². The molecule has 166 valence electrons. The van der Waals surface area contributed by atoms with E-state index in [2.05, 4.69) is 10.6 Å². The Morgan fingerprint density at radius 3 is 1.83 bits per heavy atom. The minimum Gasteiger partial charge on any atom is -0.481 e. The van der Waals surface area contributed by atoms with Crippen LogP contribution in [-0.4, -0.2) is 99.5 Å². The number of nitrogens with one attached hydrogen (secondary N) is 3. The Kier molecular flexibility index (Phi) is 12.6. The summed E-state index contributed by atoms with van der Waals surface area (Å²) in [6, 6.07) is -5.74. The second kappa shape index (κ2) is 13.7. The van der Waals surface area contributed by atoms with Crippen molar-refractivity contribution in [3.05, 3.63) is 0 Å². The number of carbonyl (C=O) groups is 5. The first kappa shape index (κ1) is 26.6. The van der Waals surface area contributed by atoms with E-state index in [1.54, 1.807) is 6.26 Å². The number of aliphatic hydroxyl groups is 2. The molecule has 0 aliphatic rings. The summed E-state index contributed by atoms with van der Waals surface area (Å²) < 4.78 is 0. The van der Waals surface area contributed by atoms with Crippen LogP contribution in [0.5, 0.6) is 0 Å². The number of thioether (sulfide) groups is 1. The smallest absolute Gasteiger partial charge is 0.326 e. The molecule has 0 aromatic rings. The molecule has 0 rings (SSSR count). The van der Waals surface area contributed by atoms with E-state index < -0.39 is 73.5 Å². The molecule has 13 nitrogen and oxygen atoms in total. The van der Waals surface area contributed by atoms with Gasteiger partial charge in [0.1, 0.15) is 24.2 Å². The third-order valence-corrected chi connectivity index (χ3v) is 4.23. The van der Waals surface area contributed by atoms with Gasteiger partial charge in [0.25, 0.3) is 0 Å². The second-order valence-electron chi connectivity index (χ2n) is 5.87. The number of carbonyl (C=O) groups excluding carboxylic acids is 3. The Morgan fingerprint density at radius 1 is 0.862 bits per heavy atom. The molecule has 0 aliphatic carbocycles. The summed E-state index contributed by atoms with van der Waals surface area (Å²) in [6.07, 6.45) is 1.00. The lowest BCUT2D eigenvalue weighted by Gasteiger charge is -2.23. The Bertz CT molecular complexity index is 604. The first-order valence-corrected chi connectivity index (χ1v) is 9.78. The highest BCUT2D eigenvalue weighted by atomic mass is 32.2. The summed E-state index contributed by atoms with van der Waals surface area (Å²) >= 11 is 1.38. The highest BCUT2D eigenvalue weighted by molar-refractivity contribution is 7.98. The van der Waals surface area contributed by atoms with E-state index in [0.717, 1.165) is 0 Å². The van der Waals surface area contributed by atoms with Gasteiger partial charge in [0, 0.05) is 0 Å². The lowest BCUT2D eigenvalue weighted by molar-refractivity contribution is -0.147. The van der Waals surface area contributed by atoms with Crippen molar-refractivity contribution >= 4 is 41.4 Å². The summed E-state index contributed by atoms with van der Waals surface area (Å²) in [4.78, 5) is 58.1. The van der Waals surface area contributed by atoms with Gasteiger partial charge in [-0.15, -0.1) is 0 Å². The van der Waals surface area contributed by atoms with Crippen molar-refractivity contribution in [2.75, 3.05) is 25.2 Å². The lowest BCUT2D eigenvalue weighted by Crippen LogP contribution is -2.58. The SMILES string of the molecule is CSCCC(NC(=O)C(N)CO)C(=O)NC(CO)C(=O)NC(CC(=O)O)C(=O)O. The quantitative estimate of drug-likeness (QED) is 0.130. The maximum atomic E-state index is 12.4. The normalized spacial score (nSPS) is 14.8. The van der Waals surface area contributed by atoms with Crippen LogP contribution >= 0.6 is 11.8 Å². The van der Waals surface area contributed by atoms with E-state index in [4.69, 9.17) is 21.1 Å². The van der Waals surface area contributed by atoms with E-state index in [-0.39, 0.29) is 6.42 Å². The molecule has 4 unspecified atom stereocenters. The van der Waals surface area contributed by atoms with Crippen molar-refractivity contribution in [2.24, 2.45) is 5.73 Å². The molecule has 14 heteroatoms. The van der Waals surface area contributed by atoms with Crippen LogP contribution in [-0.2, 0) is 24.0 Å². The Hall–Kier alpha value is -2.42. The number of aliphatic carboxylic acids is 2. The Balaban J connectivity index is 5.15. The van der Waals surface area contributed by atoms with Crippen molar-refractivity contribution in [3.8, 4) is 0 Å². The van der Waals surface area contributed by atoms with Gasteiger partial charge in [-0.3, -0.25) is 19.2 Å². The molecule has 9 N–H and O–H groups in total. The standard InChI is InChI=1S/C15H26N4O9S/c1-29-3-2-8(17-12(24)7(16)5-20)13(25)19-10(6-21)14(26)18-9(15(27)28)4-11(22)23/h7-10,20-21H,2-6,16H2,1H3,(H,17,24)(H,18,26)(H,19,25)(H,22,23)(H,27,28). The molecule has 0 radical (unpaired) electrons. The van der Waals surface area contributed by atoms with Crippen LogP contribution in [0.1, 0.15) is 12.8 Å². The molecule has 3 amide bonds. The molecule has 0 saturated carbocycles. The summed E-state index contributed by atoms with van der Waals surface area (Å²) in [7, 11) is 0. The largest absolute Gasteiger partial charge is 0.481 e. The zero-order valence-corrected chi connectivity index (χ0v) is 16.5. The van der Waals surface area contributed by atoms with Crippen LogP contribution in [0.2, 0.25) is 0 Å². The fraction of sp³-hybridized carbons (Fsp3) is 0.667. The number of carboxylic acids is 2. The fourth-order valence-electron chi connectivity index (χ4n) is 1.98. The molecular formula is C15H26N4O9S. The van der Waals surface area contributed by atoms with Crippen molar-refractivity contribution in [1.29, 1.82) is 0 Å². The van der Waals surface area contributed by atoms with Crippen molar-refractivity contribution in [3.63, 3.8) is 0 Å². The number of rotatable bonds is 14. The zero-order chi connectivity index (χ0) is 22.6. The van der Waals surface area contributed by atoms with Gasteiger partial charge in [-0.25, -0.2) is 4.79 Å². The summed E-state index contributed by atoms with van der Waals surface area (Å²) in [6.45, 7) is -1.55. The molecule has 0 saturated heterocycles. The maximum absolute atomic E-state index is 12.4. The molecule has 0 aliphatic heterocycles. The van der Waals surface area contributed by atoms with Crippen LogP contribution in [0, 0.1) is 0 Å². The van der Waals surface area contributed by atoms with Crippen molar-refractivity contribution in [1.82, 2.24) is 16.0 Å². The van der Waals surface area contributed by atoms with Crippen molar-refractivity contribution < 1.29 is 44.4 Å². The highest BCUT2D eigenvalue weighted by Gasteiger charge is 2.30. The summed E-state index contributed by atoms with van der Waals surface area (Å²) in [5.74, 6) is -5.39. The van der Waals surface area contributed by atoms with Gasteiger partial charge in [0.05, 0.1) is 19.6 Å². The third-order valence-electron chi connectivity index (χ3n) is 3.59. The monoisotopic (exact) mass is 438 g/mol. The van der Waals surface area contributed by atoms with Crippen LogP contribution in [0.15, 0.2) is 0 Å². The molecule has 0 aromatic heterocycles. The highest BCUT2D eigenvalue weighted by Crippen LogP contribution is 2.03. The number of hydrogen-bond acceptors (Lipinski definition) is 9. The predicted molar refractivity (Wildman–Crippen MR) is 101 cm³/mol. The third kappa shape index (κ3) is 10.1. The first-order valence-electron chi connectivity index (χ1n) is 8.39. The second-order valence-corrected chi connectivity index (χ2v) is 6.86. The van der Waals surface area contributed by atoms with E-state index in [0.29, 0.717) is 5.75 Å². The first-order chi connectivity index (χ1) is 13.6. The van der Waals surface area contributed by atoms with Gasteiger partial charge in [-0.2, -0.15) is 11.8 Å². The minimum atomic E-state index is -1.76. The Morgan fingerprint density at radius 2 is 1.38 bits per heavy atom. The Labute approximate surface area is 170 Å². The van der Waals surface area contributed by atoms with Gasteiger partial charge in [0.2, 0.25) is 17.7 Å². The van der Waals surface area contributed by atoms with E-state index >= 15 is 0 Å². The van der Waals surface area contributed by atoms with Crippen LogP contribution in [0.3, 0.4) is 0 Å². The zero-order valence-electron chi connectivity index (χ0n) is 15.7. The van der Waals surface area contributed by atoms with Crippen LogP contribution in [0.25, 0.3) is 0 Å². The van der Waals surface area contributed by atoms with Crippen LogP contribution in [0.4, 0.5) is 0 Å². The van der Waals surface area contributed by atoms with Gasteiger partial charge in [-0.1, -0.05) is 0 Å². The summed E-state index contributed by atoms with van der Waals surface area (Å²) in [5.41, 5.74) is 5.39. The molecule has 0 aromatic carbocycles. The molecule has 0 fully saturated rings.